The van der Waals surface area contributed by atoms with Crippen molar-refractivity contribution in [2.45, 2.75) is 39.2 Å². The van der Waals surface area contributed by atoms with Crippen molar-refractivity contribution in [2.24, 2.45) is 0 Å². The molecule has 0 saturated heterocycles. The minimum atomic E-state index is -0.458. The molecule has 0 saturated carbocycles. The van der Waals surface area contributed by atoms with E-state index in [1.165, 1.54) is 12.5 Å². The molecule has 1 unspecified atom stereocenters. The van der Waals surface area contributed by atoms with Crippen molar-refractivity contribution >= 4 is 11.9 Å². The van der Waals surface area contributed by atoms with Gasteiger partial charge in [0.05, 0.1) is 19.6 Å². The van der Waals surface area contributed by atoms with Crippen molar-refractivity contribution in [2.75, 3.05) is 7.11 Å². The van der Waals surface area contributed by atoms with Crippen LogP contribution in [0.2, 0.25) is 0 Å². The Morgan fingerprint density at radius 3 is 1.96 bits per heavy atom. The Hall–Kier alpha value is -2.82. The van der Waals surface area contributed by atoms with Gasteiger partial charge in [-0.15, -0.1) is 0 Å². The highest BCUT2D eigenvalue weighted by Crippen LogP contribution is 2.23. The molecule has 0 fully saturated rings. The Morgan fingerprint density at radius 2 is 1.46 bits per heavy atom. The highest BCUT2D eigenvalue weighted by Gasteiger charge is 2.19. The van der Waals surface area contributed by atoms with E-state index in [-0.39, 0.29) is 12.3 Å². The van der Waals surface area contributed by atoms with Crippen LogP contribution in [0.4, 0.5) is 0 Å². The normalized spacial score (nSPS) is 11.7. The Morgan fingerprint density at radius 1 is 0.923 bits per heavy atom. The van der Waals surface area contributed by atoms with E-state index in [0.29, 0.717) is 17.4 Å². The van der Waals surface area contributed by atoms with Crippen LogP contribution in [0.3, 0.4) is 0 Å². The number of nitrogens with one attached hydrogen (secondary N) is 1. The van der Waals surface area contributed by atoms with Crippen LogP contribution in [-0.4, -0.2) is 19.0 Å². The summed E-state index contributed by atoms with van der Waals surface area (Å²) >= 11 is 0. The van der Waals surface area contributed by atoms with E-state index < -0.39 is 12.0 Å². The molecule has 5 heteroatoms. The third-order valence-corrected chi connectivity index (χ3v) is 4.04. The smallest absolute Gasteiger partial charge is 0.313 e. The summed E-state index contributed by atoms with van der Waals surface area (Å²) in [6.07, 6.45) is 0.0395. The molecule has 26 heavy (non-hydrogen) atoms. The number of methoxy groups -OCH3 is 1. The maximum Gasteiger partial charge on any atom is 0.313 e. The van der Waals surface area contributed by atoms with E-state index in [2.05, 4.69) is 19.2 Å². The van der Waals surface area contributed by atoms with Crippen molar-refractivity contribution in [3.05, 3.63) is 59.7 Å². The van der Waals surface area contributed by atoms with Gasteiger partial charge in [0, 0.05) is 6.92 Å². The molecule has 1 atom stereocenters. The predicted molar refractivity (Wildman–Crippen MR) is 100 cm³/mol. The summed E-state index contributed by atoms with van der Waals surface area (Å²) in [4.78, 5) is 23.8. The molecule has 0 aliphatic rings. The number of carbonyl (C=O) groups excluding carboxylic acids is 2. The van der Waals surface area contributed by atoms with Gasteiger partial charge in [-0.2, -0.15) is 0 Å². The lowest BCUT2D eigenvalue weighted by atomic mass is 10.0. The van der Waals surface area contributed by atoms with Crippen LogP contribution in [0.1, 0.15) is 50.3 Å². The Kier molecular flexibility index (Phi) is 6.78. The molecule has 5 nitrogen and oxygen atoms in total. The number of amides is 1. The number of carbonyl (C=O) groups is 2. The van der Waals surface area contributed by atoms with Crippen LogP contribution in [0.25, 0.3) is 0 Å². The second-order valence-corrected chi connectivity index (χ2v) is 6.43. The van der Waals surface area contributed by atoms with E-state index in [1.54, 1.807) is 31.4 Å². The second kappa shape index (κ2) is 9.04. The van der Waals surface area contributed by atoms with Gasteiger partial charge in [-0.25, -0.2) is 0 Å². The highest BCUT2D eigenvalue weighted by atomic mass is 16.5. The topological polar surface area (TPSA) is 64.6 Å². The minimum absolute atomic E-state index is 0.0395. The maximum atomic E-state index is 12.3. The van der Waals surface area contributed by atoms with Gasteiger partial charge in [-0.1, -0.05) is 38.1 Å². The van der Waals surface area contributed by atoms with Gasteiger partial charge in [0.1, 0.15) is 11.5 Å². The van der Waals surface area contributed by atoms with Crippen LogP contribution >= 0.6 is 0 Å². The van der Waals surface area contributed by atoms with E-state index >= 15 is 0 Å². The quantitative estimate of drug-likeness (QED) is 0.602. The molecule has 2 aromatic carbocycles. The molecule has 2 aromatic rings. The number of ether oxygens (including phenoxy) is 2. The van der Waals surface area contributed by atoms with Crippen LogP contribution in [0.5, 0.6) is 11.5 Å². The highest BCUT2D eigenvalue weighted by molar-refractivity contribution is 5.77. The number of benzene rings is 2. The monoisotopic (exact) mass is 355 g/mol. The first-order chi connectivity index (χ1) is 12.4. The molecule has 2 rings (SSSR count). The first-order valence-electron chi connectivity index (χ1n) is 8.60. The lowest BCUT2D eigenvalue weighted by Gasteiger charge is -2.18. The molecule has 138 valence electrons. The van der Waals surface area contributed by atoms with Crippen LogP contribution < -0.4 is 14.8 Å². The van der Waals surface area contributed by atoms with Crippen LogP contribution in [0.15, 0.2) is 48.5 Å². The average Bonchev–Trinajstić information content (AvgIpc) is 2.61. The molecular weight excluding hydrogens is 330 g/mol. The first-order valence-corrected chi connectivity index (χ1v) is 8.60. The molecule has 0 bridgehead atoms. The third-order valence-electron chi connectivity index (χ3n) is 4.04. The van der Waals surface area contributed by atoms with E-state index in [0.717, 1.165) is 5.56 Å². The van der Waals surface area contributed by atoms with Gasteiger partial charge >= 0.3 is 5.97 Å². The van der Waals surface area contributed by atoms with Crippen LogP contribution in [0, 0.1) is 0 Å². The Bertz CT molecular complexity index is 736. The van der Waals surface area contributed by atoms with Gasteiger partial charge in [0.15, 0.2) is 0 Å². The van der Waals surface area contributed by atoms with E-state index in [4.69, 9.17) is 9.47 Å². The Labute approximate surface area is 154 Å². The number of hydrogen-bond acceptors (Lipinski definition) is 4. The summed E-state index contributed by atoms with van der Waals surface area (Å²) < 4.78 is 10.6. The van der Waals surface area contributed by atoms with Crippen molar-refractivity contribution in [3.8, 4) is 11.5 Å². The number of esters is 1. The molecule has 1 amide bonds. The SMILES string of the molecule is COc1ccc(C(CC(=O)Oc2ccc(C(C)C)cc2)NC(C)=O)cc1. The van der Waals surface area contributed by atoms with Crippen molar-refractivity contribution < 1.29 is 19.1 Å². The summed E-state index contributed by atoms with van der Waals surface area (Å²) in [5, 5.41) is 2.79. The first kappa shape index (κ1) is 19.5. The van der Waals surface area contributed by atoms with Crippen molar-refractivity contribution in [1.82, 2.24) is 5.32 Å². The van der Waals surface area contributed by atoms with Crippen molar-refractivity contribution in [3.63, 3.8) is 0 Å². The zero-order chi connectivity index (χ0) is 19.1. The minimum Gasteiger partial charge on any atom is -0.497 e. The molecule has 0 heterocycles. The number of rotatable bonds is 7. The largest absolute Gasteiger partial charge is 0.497 e. The number of hydrogen-bond donors (Lipinski definition) is 1. The zero-order valence-corrected chi connectivity index (χ0v) is 15.6. The summed E-state index contributed by atoms with van der Waals surface area (Å²) in [6, 6.07) is 14.2. The molecular formula is C21H25NO4. The standard InChI is InChI=1S/C21H25NO4/c1-14(2)16-5-11-19(12-6-16)26-21(24)13-20(22-15(3)23)17-7-9-18(25-4)10-8-17/h5-12,14,20H,13H2,1-4H3,(H,22,23). The second-order valence-electron chi connectivity index (χ2n) is 6.43. The average molecular weight is 355 g/mol. The third kappa shape index (κ3) is 5.62. The summed E-state index contributed by atoms with van der Waals surface area (Å²) in [7, 11) is 1.59. The molecule has 0 radical (unpaired) electrons. The molecule has 0 aliphatic heterocycles. The zero-order valence-electron chi connectivity index (χ0n) is 15.6. The fourth-order valence-corrected chi connectivity index (χ4v) is 2.59. The fourth-order valence-electron chi connectivity index (χ4n) is 2.59. The molecule has 0 aliphatic carbocycles. The maximum absolute atomic E-state index is 12.3. The lowest BCUT2D eigenvalue weighted by molar-refractivity contribution is -0.135. The van der Waals surface area contributed by atoms with Crippen molar-refractivity contribution in [1.29, 1.82) is 0 Å². The van der Waals surface area contributed by atoms with Gasteiger partial charge < -0.3 is 14.8 Å². The van der Waals surface area contributed by atoms with E-state index in [9.17, 15) is 9.59 Å². The predicted octanol–water partition coefficient (Wildman–Crippen LogP) is 3.99. The Balaban J connectivity index is 2.06. The van der Waals surface area contributed by atoms with Gasteiger partial charge in [0.2, 0.25) is 5.91 Å². The fraction of sp³-hybridized carbons (Fsp3) is 0.333. The molecule has 1 N–H and O–H groups in total. The van der Waals surface area contributed by atoms with Gasteiger partial charge in [0.25, 0.3) is 0 Å². The van der Waals surface area contributed by atoms with Gasteiger partial charge in [-0.3, -0.25) is 9.59 Å². The summed E-state index contributed by atoms with van der Waals surface area (Å²) in [5.74, 6) is 1.01. The summed E-state index contributed by atoms with van der Waals surface area (Å²) in [6.45, 7) is 5.63. The van der Waals surface area contributed by atoms with Gasteiger partial charge in [-0.05, 0) is 41.3 Å². The molecule has 0 spiro atoms. The lowest BCUT2D eigenvalue weighted by Crippen LogP contribution is -2.29. The van der Waals surface area contributed by atoms with Crippen LogP contribution in [-0.2, 0) is 9.59 Å². The van der Waals surface area contributed by atoms with E-state index in [1.807, 2.05) is 24.3 Å². The summed E-state index contributed by atoms with van der Waals surface area (Å²) in [5.41, 5.74) is 1.99. The molecule has 0 aromatic heterocycles.